The molecule has 0 unspecified atom stereocenters. The minimum absolute atomic E-state index is 0.0893. The molecule has 1 aromatic carbocycles. The Balaban J connectivity index is 1.54. The van der Waals surface area contributed by atoms with Gasteiger partial charge in [-0.2, -0.15) is 5.10 Å². The van der Waals surface area contributed by atoms with Gasteiger partial charge in [0, 0.05) is 24.4 Å². The number of aromatic nitrogens is 5. The van der Waals surface area contributed by atoms with Crippen molar-refractivity contribution in [3.8, 4) is 5.69 Å². The van der Waals surface area contributed by atoms with Gasteiger partial charge in [0.1, 0.15) is 11.6 Å². The normalized spacial score (nSPS) is 15.2. The molecule has 1 N–H and O–H groups in total. The summed E-state index contributed by atoms with van der Waals surface area (Å²) >= 11 is 1.43. The maximum absolute atomic E-state index is 13.0. The van der Waals surface area contributed by atoms with E-state index in [-0.39, 0.29) is 16.6 Å². The maximum Gasteiger partial charge on any atom is 0.238 e. The molecule has 0 aliphatic heterocycles. The molecule has 4 rings (SSSR count). The highest BCUT2D eigenvalue weighted by molar-refractivity contribution is 8.00. The summed E-state index contributed by atoms with van der Waals surface area (Å²) < 4.78 is 3.81. The van der Waals surface area contributed by atoms with Crippen LogP contribution in [0.15, 0.2) is 41.6 Å². The van der Waals surface area contributed by atoms with Gasteiger partial charge in [-0.1, -0.05) is 50.7 Å². The van der Waals surface area contributed by atoms with E-state index in [1.54, 1.807) is 4.68 Å². The molecule has 3 aromatic rings. The molecule has 2 aromatic heterocycles. The van der Waals surface area contributed by atoms with Crippen molar-refractivity contribution in [2.75, 3.05) is 5.32 Å². The summed E-state index contributed by atoms with van der Waals surface area (Å²) in [7, 11) is 1.97. The van der Waals surface area contributed by atoms with Gasteiger partial charge in [-0.15, -0.1) is 10.2 Å². The monoisotopic (exact) mass is 424 g/mol. The maximum atomic E-state index is 13.0. The summed E-state index contributed by atoms with van der Waals surface area (Å²) in [6.07, 6.45) is 2.35. The van der Waals surface area contributed by atoms with Crippen molar-refractivity contribution in [2.24, 2.45) is 7.05 Å². The lowest BCUT2D eigenvalue weighted by Crippen LogP contribution is -2.24. The number of nitrogens with one attached hydrogen (secondary N) is 1. The predicted molar refractivity (Wildman–Crippen MR) is 119 cm³/mol. The van der Waals surface area contributed by atoms with E-state index in [1.165, 1.54) is 24.6 Å². The molecule has 0 bridgehead atoms. The second-order valence-electron chi connectivity index (χ2n) is 8.84. The number of amides is 1. The number of nitrogens with zero attached hydrogens (tertiary/aromatic N) is 5. The third-order valence-electron chi connectivity index (χ3n) is 5.19. The van der Waals surface area contributed by atoms with E-state index in [0.29, 0.717) is 11.7 Å². The fourth-order valence-corrected chi connectivity index (χ4v) is 3.99. The molecule has 1 aliphatic rings. The highest BCUT2D eigenvalue weighted by Gasteiger charge is 2.30. The average molecular weight is 425 g/mol. The zero-order valence-corrected chi connectivity index (χ0v) is 18.9. The highest BCUT2D eigenvalue weighted by Crippen LogP contribution is 2.39. The first-order chi connectivity index (χ1) is 14.2. The third kappa shape index (κ3) is 4.28. The number of rotatable bonds is 6. The van der Waals surface area contributed by atoms with E-state index in [1.807, 2.05) is 54.9 Å². The van der Waals surface area contributed by atoms with Gasteiger partial charge in [-0.3, -0.25) is 4.79 Å². The van der Waals surface area contributed by atoms with Crippen LogP contribution >= 0.6 is 11.8 Å². The number of thioether (sulfide) groups is 1. The quantitative estimate of drug-likeness (QED) is 0.597. The Morgan fingerprint density at radius 2 is 1.90 bits per heavy atom. The molecule has 7 nitrogen and oxygen atoms in total. The molecule has 158 valence electrons. The topological polar surface area (TPSA) is 77.6 Å². The highest BCUT2D eigenvalue weighted by atomic mass is 32.2. The van der Waals surface area contributed by atoms with Crippen molar-refractivity contribution in [1.29, 1.82) is 0 Å². The van der Waals surface area contributed by atoms with Gasteiger partial charge >= 0.3 is 0 Å². The van der Waals surface area contributed by atoms with Gasteiger partial charge in [0.05, 0.1) is 16.6 Å². The first kappa shape index (κ1) is 20.7. The van der Waals surface area contributed by atoms with Crippen molar-refractivity contribution < 1.29 is 4.79 Å². The van der Waals surface area contributed by atoms with E-state index < -0.39 is 0 Å². The molecular formula is C22H28N6OS. The molecule has 2 heterocycles. The minimum Gasteiger partial charge on any atom is -0.310 e. The van der Waals surface area contributed by atoms with E-state index in [4.69, 9.17) is 5.10 Å². The van der Waals surface area contributed by atoms with Crippen LogP contribution in [-0.2, 0) is 17.3 Å². The van der Waals surface area contributed by atoms with Gasteiger partial charge in [0.2, 0.25) is 5.91 Å². The second-order valence-corrected chi connectivity index (χ2v) is 10.1. The van der Waals surface area contributed by atoms with Gasteiger partial charge in [-0.05, 0) is 31.9 Å². The van der Waals surface area contributed by atoms with Gasteiger partial charge in [0.25, 0.3) is 0 Å². The van der Waals surface area contributed by atoms with Crippen molar-refractivity contribution >= 4 is 23.5 Å². The van der Waals surface area contributed by atoms with Crippen LogP contribution in [0.25, 0.3) is 5.69 Å². The fraction of sp³-hybridized carbons (Fsp3) is 0.455. The number of carbonyl (C=O) groups is 1. The molecule has 1 amide bonds. The smallest absolute Gasteiger partial charge is 0.238 e. The second kappa shape index (κ2) is 7.91. The van der Waals surface area contributed by atoms with E-state index in [0.717, 1.165) is 22.4 Å². The molecule has 30 heavy (non-hydrogen) atoms. The standard InChI is InChI=1S/C22H28N6OS/c1-14(30-21-25-24-19(27(21)5)15-11-12-15)20(29)23-18-13-17(22(2,3)4)26-28(18)16-9-7-6-8-10-16/h6-10,13-15H,11-12H2,1-5H3,(H,23,29)/t14-/m0/s1. The molecule has 1 fully saturated rings. The molecule has 0 spiro atoms. The number of para-hydroxylation sites is 1. The summed E-state index contributed by atoms with van der Waals surface area (Å²) in [5.74, 6) is 2.12. The van der Waals surface area contributed by atoms with Crippen LogP contribution in [0.5, 0.6) is 0 Å². The largest absolute Gasteiger partial charge is 0.310 e. The summed E-state index contributed by atoms with van der Waals surface area (Å²) in [4.78, 5) is 13.0. The minimum atomic E-state index is -0.322. The number of carbonyl (C=O) groups excluding carboxylic acids is 1. The van der Waals surface area contributed by atoms with Crippen LogP contribution in [0.1, 0.15) is 58.0 Å². The predicted octanol–water partition coefficient (Wildman–Crippen LogP) is 4.30. The SMILES string of the molecule is C[C@H](Sc1nnc(C2CC2)n1C)C(=O)Nc1cc(C(C)(C)C)nn1-c1ccccc1. The zero-order valence-electron chi connectivity index (χ0n) is 18.1. The third-order valence-corrected chi connectivity index (χ3v) is 6.33. The Hall–Kier alpha value is -2.61. The molecule has 1 atom stereocenters. The van der Waals surface area contributed by atoms with Crippen LogP contribution in [-0.4, -0.2) is 35.7 Å². The van der Waals surface area contributed by atoms with Gasteiger partial charge < -0.3 is 9.88 Å². The lowest BCUT2D eigenvalue weighted by atomic mass is 9.92. The Labute approximate surface area is 181 Å². The Morgan fingerprint density at radius 1 is 1.20 bits per heavy atom. The summed E-state index contributed by atoms with van der Waals surface area (Å²) in [5, 5.41) is 16.9. The van der Waals surface area contributed by atoms with Gasteiger partial charge in [0.15, 0.2) is 5.16 Å². The fourth-order valence-electron chi connectivity index (χ4n) is 3.17. The molecule has 8 heteroatoms. The van der Waals surface area contributed by atoms with Gasteiger partial charge in [-0.25, -0.2) is 4.68 Å². The van der Waals surface area contributed by atoms with Crippen LogP contribution in [0.4, 0.5) is 5.82 Å². The van der Waals surface area contributed by atoms with Crippen molar-refractivity contribution in [1.82, 2.24) is 24.5 Å². The Morgan fingerprint density at radius 3 is 2.53 bits per heavy atom. The molecule has 1 aliphatic carbocycles. The summed E-state index contributed by atoms with van der Waals surface area (Å²) in [6, 6.07) is 11.8. The lowest BCUT2D eigenvalue weighted by molar-refractivity contribution is -0.115. The number of hydrogen-bond donors (Lipinski definition) is 1. The van der Waals surface area contributed by atoms with Crippen LogP contribution < -0.4 is 5.32 Å². The zero-order chi connectivity index (χ0) is 21.5. The van der Waals surface area contributed by atoms with E-state index in [9.17, 15) is 4.79 Å². The van der Waals surface area contributed by atoms with Crippen molar-refractivity contribution in [3.63, 3.8) is 0 Å². The summed E-state index contributed by atoms with van der Waals surface area (Å²) in [6.45, 7) is 8.22. The van der Waals surface area contributed by atoms with Crippen LogP contribution in [0.2, 0.25) is 0 Å². The van der Waals surface area contributed by atoms with Crippen molar-refractivity contribution in [3.05, 3.63) is 47.9 Å². The van der Waals surface area contributed by atoms with E-state index >= 15 is 0 Å². The lowest BCUT2D eigenvalue weighted by Gasteiger charge is -2.14. The number of anilines is 1. The first-order valence-electron chi connectivity index (χ1n) is 10.3. The van der Waals surface area contributed by atoms with Crippen LogP contribution in [0, 0.1) is 0 Å². The molecule has 0 radical (unpaired) electrons. The molecular weight excluding hydrogens is 396 g/mol. The molecule has 0 saturated heterocycles. The number of benzene rings is 1. The number of hydrogen-bond acceptors (Lipinski definition) is 5. The Kier molecular flexibility index (Phi) is 5.44. The van der Waals surface area contributed by atoms with E-state index in [2.05, 4.69) is 36.3 Å². The first-order valence-corrected chi connectivity index (χ1v) is 11.1. The summed E-state index contributed by atoms with van der Waals surface area (Å²) in [5.41, 5.74) is 1.70. The van der Waals surface area contributed by atoms with Crippen molar-refractivity contribution in [2.45, 2.75) is 62.3 Å². The van der Waals surface area contributed by atoms with Crippen LogP contribution in [0.3, 0.4) is 0 Å². The average Bonchev–Trinajstić information content (AvgIpc) is 3.35. The Bertz CT molecular complexity index is 1050. The molecule has 1 saturated carbocycles.